The summed E-state index contributed by atoms with van der Waals surface area (Å²) < 4.78 is 11.0. The summed E-state index contributed by atoms with van der Waals surface area (Å²) in [6.07, 6.45) is 6.16. The van der Waals surface area contributed by atoms with Gasteiger partial charge in [-0.25, -0.2) is 0 Å². The zero-order valence-corrected chi connectivity index (χ0v) is 11.2. The first-order chi connectivity index (χ1) is 8.15. The van der Waals surface area contributed by atoms with E-state index in [1.807, 2.05) is 0 Å². The highest BCUT2D eigenvalue weighted by atomic mass is 16.5. The summed E-state index contributed by atoms with van der Waals surface area (Å²) in [7, 11) is 3.88. The van der Waals surface area contributed by atoms with Crippen LogP contribution >= 0.6 is 0 Å². The van der Waals surface area contributed by atoms with Gasteiger partial charge in [0.1, 0.15) is 0 Å². The smallest absolute Gasteiger partial charge is 0.0697 e. The summed E-state index contributed by atoms with van der Waals surface area (Å²) in [6.45, 7) is 2.46. The summed E-state index contributed by atoms with van der Waals surface area (Å²) in [5.74, 6) is 0. The number of hydrogen-bond donors (Lipinski definition) is 1. The monoisotopic (exact) mass is 242 g/mol. The highest BCUT2D eigenvalue weighted by molar-refractivity contribution is 4.96. The fourth-order valence-corrected chi connectivity index (χ4v) is 3.08. The number of nitrogens with two attached hydrogens (primary N) is 1. The second-order valence-corrected chi connectivity index (χ2v) is 5.69. The lowest BCUT2D eigenvalue weighted by molar-refractivity contribution is -0.147. The largest absolute Gasteiger partial charge is 0.383 e. The third-order valence-corrected chi connectivity index (χ3v) is 4.26. The van der Waals surface area contributed by atoms with Gasteiger partial charge in [-0.1, -0.05) is 0 Å². The molecule has 0 aromatic carbocycles. The molecule has 2 rings (SSSR count). The van der Waals surface area contributed by atoms with E-state index in [-0.39, 0.29) is 11.6 Å². The van der Waals surface area contributed by atoms with E-state index in [0.717, 1.165) is 19.6 Å². The first kappa shape index (κ1) is 13.3. The van der Waals surface area contributed by atoms with Crippen LogP contribution in [0, 0.1) is 0 Å². The quantitative estimate of drug-likeness (QED) is 0.781. The van der Waals surface area contributed by atoms with Crippen LogP contribution in [0.1, 0.15) is 32.1 Å². The Kier molecular flexibility index (Phi) is 4.42. The van der Waals surface area contributed by atoms with Crippen LogP contribution in [0.4, 0.5) is 0 Å². The van der Waals surface area contributed by atoms with Gasteiger partial charge in [-0.3, -0.25) is 0 Å². The molecule has 17 heavy (non-hydrogen) atoms. The summed E-state index contributed by atoms with van der Waals surface area (Å²) in [5.41, 5.74) is 6.23. The van der Waals surface area contributed by atoms with E-state index >= 15 is 0 Å². The van der Waals surface area contributed by atoms with Crippen LogP contribution in [-0.2, 0) is 9.47 Å². The highest BCUT2D eigenvalue weighted by Crippen LogP contribution is 2.43. The van der Waals surface area contributed by atoms with E-state index in [9.17, 15) is 0 Å². The lowest BCUT2D eigenvalue weighted by Crippen LogP contribution is -2.53. The van der Waals surface area contributed by atoms with Crippen molar-refractivity contribution >= 4 is 0 Å². The number of rotatable bonds is 5. The van der Waals surface area contributed by atoms with Crippen LogP contribution in [0.25, 0.3) is 0 Å². The molecule has 0 aromatic rings. The molecule has 1 aliphatic carbocycles. The predicted molar refractivity (Wildman–Crippen MR) is 68.0 cm³/mol. The number of ether oxygens (including phenoxy) is 2. The maximum absolute atomic E-state index is 6.01. The maximum atomic E-state index is 6.01. The molecule has 1 aliphatic heterocycles. The van der Waals surface area contributed by atoms with E-state index in [1.165, 1.54) is 25.7 Å². The number of methoxy groups -OCH3 is 1. The molecule has 2 unspecified atom stereocenters. The first-order valence-electron chi connectivity index (χ1n) is 6.74. The Bertz CT molecular complexity index is 244. The molecule has 1 saturated carbocycles. The normalized spacial score (nSPS) is 29.3. The molecule has 4 heteroatoms. The van der Waals surface area contributed by atoms with E-state index in [4.69, 9.17) is 15.2 Å². The zero-order chi connectivity index (χ0) is 12.3. The summed E-state index contributed by atoms with van der Waals surface area (Å²) in [4.78, 5) is 2.40. The standard InChI is InChI=1S/C13H26N2O2/c1-15(9-11(14)10-16-2)12-4-7-17-13(8-12)5-3-6-13/h11-12H,3-10,14H2,1-2H3. The number of hydrogen-bond acceptors (Lipinski definition) is 4. The van der Waals surface area contributed by atoms with Crippen molar-refractivity contribution in [3.63, 3.8) is 0 Å². The molecule has 1 spiro atoms. The fourth-order valence-electron chi connectivity index (χ4n) is 3.08. The molecular weight excluding hydrogens is 216 g/mol. The van der Waals surface area contributed by atoms with Gasteiger partial charge in [0.05, 0.1) is 12.2 Å². The molecule has 100 valence electrons. The molecule has 4 nitrogen and oxygen atoms in total. The van der Waals surface area contributed by atoms with Crippen molar-refractivity contribution in [2.45, 2.75) is 49.8 Å². The molecule has 0 radical (unpaired) electrons. The topological polar surface area (TPSA) is 47.7 Å². The highest BCUT2D eigenvalue weighted by Gasteiger charge is 2.43. The Hall–Kier alpha value is -0.160. The molecule has 2 atom stereocenters. The van der Waals surface area contributed by atoms with Gasteiger partial charge in [0.25, 0.3) is 0 Å². The Morgan fingerprint density at radius 1 is 1.53 bits per heavy atom. The summed E-state index contributed by atoms with van der Waals surface area (Å²) in [6, 6.07) is 0.747. The molecule has 1 heterocycles. The molecule has 0 aromatic heterocycles. The van der Waals surface area contributed by atoms with Crippen LogP contribution in [0.3, 0.4) is 0 Å². The van der Waals surface area contributed by atoms with Gasteiger partial charge >= 0.3 is 0 Å². The van der Waals surface area contributed by atoms with Gasteiger partial charge < -0.3 is 20.1 Å². The van der Waals surface area contributed by atoms with Crippen LogP contribution in [0.2, 0.25) is 0 Å². The van der Waals surface area contributed by atoms with Crippen molar-refractivity contribution in [3.05, 3.63) is 0 Å². The van der Waals surface area contributed by atoms with Gasteiger partial charge in [0, 0.05) is 32.3 Å². The van der Waals surface area contributed by atoms with Gasteiger partial charge in [0.2, 0.25) is 0 Å². The SMILES string of the molecule is COCC(N)CN(C)C1CCOC2(CCC2)C1. The van der Waals surface area contributed by atoms with Gasteiger partial charge in [-0.15, -0.1) is 0 Å². The van der Waals surface area contributed by atoms with Crippen molar-refractivity contribution in [2.24, 2.45) is 5.73 Å². The lowest BCUT2D eigenvalue weighted by atomic mass is 9.73. The van der Waals surface area contributed by atoms with E-state index < -0.39 is 0 Å². The molecule has 0 bridgehead atoms. The number of likely N-dealkylation sites (N-methyl/N-ethyl adjacent to an activating group) is 1. The van der Waals surface area contributed by atoms with Crippen molar-refractivity contribution in [1.29, 1.82) is 0 Å². The van der Waals surface area contributed by atoms with Crippen molar-refractivity contribution < 1.29 is 9.47 Å². The zero-order valence-electron chi connectivity index (χ0n) is 11.2. The molecule has 1 saturated heterocycles. The molecule has 0 amide bonds. The Morgan fingerprint density at radius 2 is 2.29 bits per heavy atom. The van der Waals surface area contributed by atoms with Crippen LogP contribution in [0.5, 0.6) is 0 Å². The van der Waals surface area contributed by atoms with Crippen molar-refractivity contribution in [3.8, 4) is 0 Å². The van der Waals surface area contributed by atoms with Crippen LogP contribution < -0.4 is 5.73 Å². The van der Waals surface area contributed by atoms with E-state index in [0.29, 0.717) is 12.6 Å². The van der Waals surface area contributed by atoms with Crippen LogP contribution in [0.15, 0.2) is 0 Å². The fraction of sp³-hybridized carbons (Fsp3) is 1.00. The second kappa shape index (κ2) is 5.65. The minimum absolute atomic E-state index is 0.116. The minimum atomic E-state index is 0.116. The average Bonchev–Trinajstić information content (AvgIpc) is 2.27. The maximum Gasteiger partial charge on any atom is 0.0697 e. The Labute approximate surface area is 104 Å². The third kappa shape index (κ3) is 3.19. The minimum Gasteiger partial charge on any atom is -0.383 e. The van der Waals surface area contributed by atoms with Gasteiger partial charge in [-0.2, -0.15) is 0 Å². The first-order valence-corrected chi connectivity index (χ1v) is 6.74. The third-order valence-electron chi connectivity index (χ3n) is 4.26. The molecule has 2 fully saturated rings. The van der Waals surface area contributed by atoms with Crippen LogP contribution in [-0.4, -0.2) is 56.5 Å². The van der Waals surface area contributed by atoms with E-state index in [2.05, 4.69) is 11.9 Å². The summed E-state index contributed by atoms with van der Waals surface area (Å²) in [5, 5.41) is 0. The molecule has 2 aliphatic rings. The molecule has 2 N–H and O–H groups in total. The Balaban J connectivity index is 1.80. The van der Waals surface area contributed by atoms with E-state index in [1.54, 1.807) is 7.11 Å². The lowest BCUT2D eigenvalue weighted by Gasteiger charge is -2.49. The average molecular weight is 242 g/mol. The predicted octanol–water partition coefficient (Wildman–Crippen LogP) is 0.994. The second-order valence-electron chi connectivity index (χ2n) is 5.69. The van der Waals surface area contributed by atoms with Crippen molar-refractivity contribution in [2.75, 3.05) is 33.9 Å². The molecular formula is C13H26N2O2. The summed E-state index contributed by atoms with van der Waals surface area (Å²) >= 11 is 0. The number of nitrogens with zero attached hydrogens (tertiary/aromatic N) is 1. The van der Waals surface area contributed by atoms with Crippen molar-refractivity contribution in [1.82, 2.24) is 4.90 Å². The van der Waals surface area contributed by atoms with Gasteiger partial charge in [0.15, 0.2) is 0 Å². The van der Waals surface area contributed by atoms with Gasteiger partial charge in [-0.05, 0) is 39.2 Å². The Morgan fingerprint density at radius 3 is 2.88 bits per heavy atom.